The summed E-state index contributed by atoms with van der Waals surface area (Å²) in [7, 11) is 0.955. The predicted molar refractivity (Wildman–Crippen MR) is 56.5 cm³/mol. The van der Waals surface area contributed by atoms with E-state index < -0.39 is 35.9 Å². The number of anilines is 1. The van der Waals surface area contributed by atoms with Gasteiger partial charge in [-0.05, 0) is 0 Å². The second-order valence-corrected chi connectivity index (χ2v) is 3.68. The van der Waals surface area contributed by atoms with Gasteiger partial charge in [0.05, 0.1) is 24.6 Å². The summed E-state index contributed by atoms with van der Waals surface area (Å²) in [6, 6.07) is 0.533. The first-order valence-corrected chi connectivity index (χ1v) is 5.10. The zero-order chi connectivity index (χ0) is 16.4. The van der Waals surface area contributed by atoms with Crippen molar-refractivity contribution in [3.8, 4) is 5.88 Å². The summed E-state index contributed by atoms with van der Waals surface area (Å²) in [6.07, 6.45) is -14.8. The fourth-order valence-corrected chi connectivity index (χ4v) is 1.24. The van der Waals surface area contributed by atoms with Crippen molar-refractivity contribution < 1.29 is 40.6 Å². The van der Waals surface area contributed by atoms with Gasteiger partial charge in [0.2, 0.25) is 5.88 Å². The number of ether oxygens (including phenoxy) is 2. The summed E-state index contributed by atoms with van der Waals surface area (Å²) in [6.45, 7) is 0. The number of esters is 1. The fraction of sp³-hybridized carbons (Fsp3) is 0.400. The van der Waals surface area contributed by atoms with Gasteiger partial charge >= 0.3 is 18.3 Å². The molecule has 0 unspecified atom stereocenters. The van der Waals surface area contributed by atoms with Gasteiger partial charge in [0.1, 0.15) is 0 Å². The van der Waals surface area contributed by atoms with Crippen molar-refractivity contribution in [2.45, 2.75) is 18.5 Å². The number of nitrogens with two attached hydrogens (primary N) is 1. The highest BCUT2D eigenvalue weighted by atomic mass is 19.4. The Kier molecular flexibility index (Phi) is 4.54. The van der Waals surface area contributed by atoms with Crippen LogP contribution in [0.2, 0.25) is 0 Å². The minimum Gasteiger partial charge on any atom is -0.465 e. The van der Waals surface area contributed by atoms with E-state index in [1.54, 1.807) is 0 Å². The molecule has 0 saturated heterocycles. The number of halogens is 6. The molecule has 0 amide bonds. The minimum atomic E-state index is -5.70. The number of rotatable bonds is 3. The fourth-order valence-electron chi connectivity index (χ4n) is 1.24. The Hall–Kier alpha value is -2.20. The number of carbonyl (C=O) groups is 1. The van der Waals surface area contributed by atoms with Gasteiger partial charge in [-0.2, -0.15) is 26.3 Å². The van der Waals surface area contributed by atoms with Crippen LogP contribution in [0.3, 0.4) is 0 Å². The Morgan fingerprint density at radius 1 is 1.24 bits per heavy atom. The van der Waals surface area contributed by atoms with Crippen molar-refractivity contribution in [3.63, 3.8) is 0 Å². The van der Waals surface area contributed by atoms with Crippen molar-refractivity contribution in [2.24, 2.45) is 0 Å². The molecular formula is C10H8F6N2O3. The van der Waals surface area contributed by atoms with Crippen LogP contribution in [-0.4, -0.2) is 36.5 Å². The SMILES string of the molecule is COC(=O)c1cc(OC(C(F)(F)F)C(F)(F)F)ncc1N. The zero-order valence-electron chi connectivity index (χ0n) is 10.2. The van der Waals surface area contributed by atoms with Crippen LogP contribution in [-0.2, 0) is 4.74 Å². The molecule has 21 heavy (non-hydrogen) atoms. The quantitative estimate of drug-likeness (QED) is 0.684. The summed E-state index contributed by atoms with van der Waals surface area (Å²) in [5, 5.41) is 0. The third-order valence-corrected chi connectivity index (χ3v) is 2.15. The van der Waals surface area contributed by atoms with Crippen LogP contribution in [0.15, 0.2) is 12.3 Å². The van der Waals surface area contributed by atoms with Gasteiger partial charge in [-0.25, -0.2) is 9.78 Å². The van der Waals surface area contributed by atoms with E-state index in [9.17, 15) is 31.1 Å². The van der Waals surface area contributed by atoms with E-state index in [4.69, 9.17) is 5.73 Å². The molecule has 5 nitrogen and oxygen atoms in total. The Balaban J connectivity index is 3.14. The van der Waals surface area contributed by atoms with E-state index in [2.05, 4.69) is 14.5 Å². The summed E-state index contributed by atoms with van der Waals surface area (Å²) in [4.78, 5) is 14.4. The lowest BCUT2D eigenvalue weighted by atomic mass is 10.2. The van der Waals surface area contributed by atoms with Crippen molar-refractivity contribution in [2.75, 3.05) is 12.8 Å². The average Bonchev–Trinajstić information content (AvgIpc) is 2.33. The monoisotopic (exact) mass is 318 g/mol. The molecule has 0 aliphatic carbocycles. The third-order valence-electron chi connectivity index (χ3n) is 2.15. The van der Waals surface area contributed by atoms with Crippen LogP contribution in [0, 0.1) is 0 Å². The van der Waals surface area contributed by atoms with Crippen molar-refractivity contribution >= 4 is 11.7 Å². The lowest BCUT2D eigenvalue weighted by molar-refractivity contribution is -0.300. The van der Waals surface area contributed by atoms with E-state index in [-0.39, 0.29) is 5.69 Å². The second kappa shape index (κ2) is 5.66. The van der Waals surface area contributed by atoms with Gasteiger partial charge in [0.15, 0.2) is 0 Å². The Bertz CT molecular complexity index is 515. The molecule has 118 valence electrons. The molecule has 0 fully saturated rings. The Morgan fingerprint density at radius 2 is 1.76 bits per heavy atom. The maximum absolute atomic E-state index is 12.3. The molecule has 1 heterocycles. The van der Waals surface area contributed by atoms with Gasteiger partial charge < -0.3 is 15.2 Å². The normalized spacial score (nSPS) is 12.4. The molecule has 0 aliphatic rings. The van der Waals surface area contributed by atoms with Gasteiger partial charge in [-0.15, -0.1) is 0 Å². The Labute approximate surface area is 113 Å². The number of alkyl halides is 6. The van der Waals surface area contributed by atoms with E-state index in [1.165, 1.54) is 0 Å². The van der Waals surface area contributed by atoms with Crippen molar-refractivity contribution in [3.05, 3.63) is 17.8 Å². The molecule has 1 aromatic heterocycles. The first-order valence-electron chi connectivity index (χ1n) is 5.10. The van der Waals surface area contributed by atoms with Crippen LogP contribution >= 0.6 is 0 Å². The lowest BCUT2D eigenvalue weighted by Gasteiger charge is -2.23. The molecule has 0 atom stereocenters. The largest absolute Gasteiger partial charge is 0.465 e. The third kappa shape index (κ3) is 4.13. The summed E-state index contributed by atoms with van der Waals surface area (Å²) in [5.74, 6) is -2.13. The minimum absolute atomic E-state index is 0.287. The van der Waals surface area contributed by atoms with Gasteiger partial charge in [0, 0.05) is 6.07 Å². The number of methoxy groups -OCH3 is 1. The predicted octanol–water partition coefficient (Wildman–Crippen LogP) is 2.32. The maximum Gasteiger partial charge on any atom is 0.434 e. The van der Waals surface area contributed by atoms with Gasteiger partial charge in [-0.1, -0.05) is 0 Å². The van der Waals surface area contributed by atoms with Crippen molar-refractivity contribution in [1.82, 2.24) is 4.98 Å². The first kappa shape index (κ1) is 16.9. The average molecular weight is 318 g/mol. The zero-order valence-corrected chi connectivity index (χ0v) is 10.2. The van der Waals surface area contributed by atoms with E-state index in [0.29, 0.717) is 12.3 Å². The van der Waals surface area contributed by atoms with Gasteiger partial charge in [0.25, 0.3) is 6.10 Å². The van der Waals surface area contributed by atoms with Gasteiger partial charge in [-0.3, -0.25) is 0 Å². The smallest absolute Gasteiger partial charge is 0.434 e. The maximum atomic E-state index is 12.3. The molecule has 0 radical (unpaired) electrons. The lowest BCUT2D eigenvalue weighted by Crippen LogP contribution is -2.46. The van der Waals surface area contributed by atoms with Crippen LogP contribution in [0.5, 0.6) is 5.88 Å². The number of aromatic nitrogens is 1. The number of carbonyl (C=O) groups excluding carboxylic acids is 1. The van der Waals surface area contributed by atoms with Crippen LogP contribution < -0.4 is 10.5 Å². The molecule has 1 aromatic rings. The summed E-state index contributed by atoms with van der Waals surface area (Å²) in [5.41, 5.74) is 4.55. The highest BCUT2D eigenvalue weighted by Crippen LogP contribution is 2.36. The van der Waals surface area contributed by atoms with E-state index >= 15 is 0 Å². The van der Waals surface area contributed by atoms with E-state index in [0.717, 1.165) is 7.11 Å². The molecule has 1 rings (SSSR count). The molecule has 0 aliphatic heterocycles. The van der Waals surface area contributed by atoms with Crippen LogP contribution in [0.1, 0.15) is 10.4 Å². The number of pyridine rings is 1. The second-order valence-electron chi connectivity index (χ2n) is 3.68. The highest BCUT2D eigenvalue weighted by molar-refractivity contribution is 5.95. The number of nitrogens with zero attached hydrogens (tertiary/aromatic N) is 1. The number of nitrogen functional groups attached to an aromatic ring is 1. The summed E-state index contributed by atoms with van der Waals surface area (Å²) < 4.78 is 82.0. The molecule has 2 N–H and O–H groups in total. The standard InChI is InChI=1S/C10H8F6N2O3/c1-20-7(19)4-2-6(18-3-5(4)17)21-8(9(11,12)13)10(14,15)16/h2-3,8H,17H2,1H3. The number of hydrogen-bond donors (Lipinski definition) is 1. The molecule has 11 heteroatoms. The topological polar surface area (TPSA) is 74.4 Å². The first-order chi connectivity index (χ1) is 9.46. The Morgan fingerprint density at radius 3 is 2.19 bits per heavy atom. The molecule has 0 spiro atoms. The molecule has 0 bridgehead atoms. The van der Waals surface area contributed by atoms with E-state index in [1.807, 2.05) is 0 Å². The van der Waals surface area contributed by atoms with Crippen molar-refractivity contribution in [1.29, 1.82) is 0 Å². The van der Waals surface area contributed by atoms with Crippen LogP contribution in [0.25, 0.3) is 0 Å². The summed E-state index contributed by atoms with van der Waals surface area (Å²) >= 11 is 0. The molecule has 0 saturated carbocycles. The molecule has 0 aromatic carbocycles. The van der Waals surface area contributed by atoms with Crippen LogP contribution in [0.4, 0.5) is 32.0 Å². The molecular weight excluding hydrogens is 310 g/mol. The highest BCUT2D eigenvalue weighted by Gasteiger charge is 2.59. The number of hydrogen-bond acceptors (Lipinski definition) is 5.